The lowest BCUT2D eigenvalue weighted by atomic mass is 9.93. The minimum Gasteiger partial charge on any atom is -0.478 e. The zero-order chi connectivity index (χ0) is 18.4. The van der Waals surface area contributed by atoms with Crippen molar-refractivity contribution in [2.75, 3.05) is 6.26 Å². The van der Waals surface area contributed by atoms with Gasteiger partial charge in [-0.15, -0.1) is 0 Å². The van der Waals surface area contributed by atoms with Crippen LogP contribution >= 0.6 is 11.6 Å². The first-order valence-electron chi connectivity index (χ1n) is 7.64. The van der Waals surface area contributed by atoms with Crippen molar-refractivity contribution in [3.05, 3.63) is 64.7 Å². The van der Waals surface area contributed by atoms with Gasteiger partial charge < -0.3 is 4.74 Å². The molecule has 0 unspecified atom stereocenters. The molecule has 0 aliphatic carbocycles. The Kier molecular flexibility index (Phi) is 4.25. The Hall–Kier alpha value is -2.11. The molecule has 0 fully saturated rings. The molecule has 0 saturated heterocycles. The highest BCUT2D eigenvalue weighted by Crippen LogP contribution is 2.41. The molecule has 0 saturated carbocycles. The highest BCUT2D eigenvalue weighted by Gasteiger charge is 2.42. The largest absolute Gasteiger partial charge is 0.478 e. The molecular weight excluding hydrogens is 360 g/mol. The third kappa shape index (κ3) is 3.34. The van der Waals surface area contributed by atoms with Crippen LogP contribution in [0.1, 0.15) is 25.0 Å². The molecule has 2 aromatic carbocycles. The van der Waals surface area contributed by atoms with Gasteiger partial charge in [0.1, 0.15) is 5.76 Å². The fourth-order valence-electron chi connectivity index (χ4n) is 2.72. The number of Topliss-reactive ketones (excluding diaryl/α,β-unsaturated/α-hetero) is 1. The van der Waals surface area contributed by atoms with Gasteiger partial charge in [0.2, 0.25) is 5.78 Å². The molecular formula is C19H17ClO4S. The smallest absolute Gasteiger partial charge is 0.210 e. The van der Waals surface area contributed by atoms with E-state index < -0.39 is 15.4 Å². The molecule has 4 nitrogen and oxygen atoms in total. The second-order valence-electron chi connectivity index (χ2n) is 6.45. The van der Waals surface area contributed by atoms with Gasteiger partial charge in [-0.3, -0.25) is 4.79 Å². The minimum atomic E-state index is -3.30. The quantitative estimate of drug-likeness (QED) is 0.812. The lowest BCUT2D eigenvalue weighted by molar-refractivity contribution is -0.125. The molecule has 1 aliphatic heterocycles. The molecule has 0 radical (unpaired) electrons. The molecule has 0 atom stereocenters. The van der Waals surface area contributed by atoms with E-state index in [2.05, 4.69) is 0 Å². The van der Waals surface area contributed by atoms with E-state index in [-0.39, 0.29) is 10.7 Å². The maximum atomic E-state index is 12.8. The Morgan fingerprint density at radius 2 is 1.64 bits per heavy atom. The van der Waals surface area contributed by atoms with Gasteiger partial charge in [0, 0.05) is 16.8 Å². The normalized spacial score (nSPS) is 16.9. The summed E-state index contributed by atoms with van der Waals surface area (Å²) in [6.45, 7) is 3.41. The summed E-state index contributed by atoms with van der Waals surface area (Å²) in [6, 6.07) is 13.3. The van der Waals surface area contributed by atoms with E-state index in [1.807, 2.05) is 6.07 Å². The van der Waals surface area contributed by atoms with Crippen LogP contribution in [-0.4, -0.2) is 26.1 Å². The van der Waals surface area contributed by atoms with E-state index >= 15 is 0 Å². The zero-order valence-electron chi connectivity index (χ0n) is 14.0. The first-order valence-corrected chi connectivity index (χ1v) is 9.91. The highest BCUT2D eigenvalue weighted by atomic mass is 35.5. The Morgan fingerprint density at radius 1 is 1.00 bits per heavy atom. The Balaban J connectivity index is 2.17. The van der Waals surface area contributed by atoms with Crippen LogP contribution in [0.2, 0.25) is 5.02 Å². The first kappa shape index (κ1) is 17.7. The van der Waals surface area contributed by atoms with E-state index in [0.29, 0.717) is 27.5 Å². The fourth-order valence-corrected chi connectivity index (χ4v) is 3.54. The van der Waals surface area contributed by atoms with Gasteiger partial charge in [-0.2, -0.15) is 0 Å². The maximum absolute atomic E-state index is 12.8. The van der Waals surface area contributed by atoms with Gasteiger partial charge in [0.15, 0.2) is 15.4 Å². The van der Waals surface area contributed by atoms with Crippen molar-refractivity contribution >= 4 is 38.6 Å². The number of carbonyl (C=O) groups is 1. The lowest BCUT2D eigenvalue weighted by Gasteiger charge is -2.17. The molecule has 25 heavy (non-hydrogen) atoms. The molecule has 0 N–H and O–H groups in total. The summed E-state index contributed by atoms with van der Waals surface area (Å²) in [4.78, 5) is 13.0. The van der Waals surface area contributed by atoms with E-state index in [1.165, 1.54) is 12.1 Å². The Labute approximate surface area is 152 Å². The van der Waals surface area contributed by atoms with Crippen molar-refractivity contribution < 1.29 is 17.9 Å². The number of hydrogen-bond donors (Lipinski definition) is 0. The number of halogens is 1. The van der Waals surface area contributed by atoms with Crippen LogP contribution in [0, 0.1) is 0 Å². The second-order valence-corrected chi connectivity index (χ2v) is 8.90. The van der Waals surface area contributed by atoms with Crippen molar-refractivity contribution in [1.29, 1.82) is 0 Å². The van der Waals surface area contributed by atoms with Gasteiger partial charge in [0.05, 0.1) is 10.5 Å². The van der Waals surface area contributed by atoms with Gasteiger partial charge in [0.25, 0.3) is 0 Å². The number of ketones is 1. The molecule has 130 valence electrons. The number of rotatable bonds is 3. The molecule has 0 spiro atoms. The Bertz CT molecular complexity index is 986. The van der Waals surface area contributed by atoms with E-state index in [9.17, 15) is 13.2 Å². The zero-order valence-corrected chi connectivity index (χ0v) is 15.6. The van der Waals surface area contributed by atoms with E-state index in [4.69, 9.17) is 16.3 Å². The molecule has 0 bridgehead atoms. The van der Waals surface area contributed by atoms with Crippen LogP contribution < -0.4 is 0 Å². The van der Waals surface area contributed by atoms with Crippen molar-refractivity contribution in [2.45, 2.75) is 24.3 Å². The number of benzene rings is 2. The maximum Gasteiger partial charge on any atom is 0.210 e. The van der Waals surface area contributed by atoms with Crippen LogP contribution in [0.3, 0.4) is 0 Å². The second kappa shape index (κ2) is 6.00. The average molecular weight is 377 g/mol. The number of ether oxygens (including phenoxy) is 1. The molecule has 2 aromatic rings. The molecule has 1 heterocycles. The van der Waals surface area contributed by atoms with Crippen LogP contribution in [0.25, 0.3) is 11.3 Å². The summed E-state index contributed by atoms with van der Waals surface area (Å²) < 4.78 is 29.2. The number of carbonyl (C=O) groups excluding carboxylic acids is 1. The monoisotopic (exact) mass is 376 g/mol. The number of hydrogen-bond acceptors (Lipinski definition) is 4. The molecule has 1 aliphatic rings. The topological polar surface area (TPSA) is 60.4 Å². The van der Waals surface area contributed by atoms with E-state index in [1.54, 1.807) is 44.2 Å². The standard InChI is InChI=1S/C19H17ClO4S/c1-19(2)18(21)16(12-7-9-15(10-8-12)25(3,22)23)17(24-19)13-5-4-6-14(20)11-13/h4-11H,1-3H3. The van der Waals surface area contributed by atoms with Gasteiger partial charge in [-0.05, 0) is 43.7 Å². The average Bonchev–Trinajstić information content (AvgIpc) is 2.77. The predicted molar refractivity (Wildman–Crippen MR) is 98.0 cm³/mol. The SMILES string of the molecule is CC1(C)OC(c2cccc(Cl)c2)=C(c2ccc(S(C)(=O)=O)cc2)C1=O. The third-order valence-electron chi connectivity index (χ3n) is 4.02. The van der Waals surface area contributed by atoms with Crippen molar-refractivity contribution in [3.8, 4) is 0 Å². The summed E-state index contributed by atoms with van der Waals surface area (Å²) in [6.07, 6.45) is 1.14. The van der Waals surface area contributed by atoms with Crippen LogP contribution in [0.15, 0.2) is 53.4 Å². The summed E-state index contributed by atoms with van der Waals surface area (Å²) >= 11 is 6.07. The van der Waals surface area contributed by atoms with Crippen molar-refractivity contribution in [1.82, 2.24) is 0 Å². The summed E-state index contributed by atoms with van der Waals surface area (Å²) in [5.41, 5.74) is 0.738. The first-order chi connectivity index (χ1) is 11.6. The number of sulfone groups is 1. The van der Waals surface area contributed by atoms with E-state index in [0.717, 1.165) is 6.26 Å². The summed E-state index contributed by atoms with van der Waals surface area (Å²) in [5, 5.41) is 0.539. The lowest BCUT2D eigenvalue weighted by Crippen LogP contribution is -2.29. The van der Waals surface area contributed by atoms with Crippen LogP contribution in [0.5, 0.6) is 0 Å². The van der Waals surface area contributed by atoms with Crippen molar-refractivity contribution in [2.24, 2.45) is 0 Å². The van der Waals surface area contributed by atoms with Crippen LogP contribution in [0.4, 0.5) is 0 Å². The van der Waals surface area contributed by atoms with Gasteiger partial charge in [-0.1, -0.05) is 35.9 Å². The molecule has 3 rings (SSSR count). The van der Waals surface area contributed by atoms with Gasteiger partial charge >= 0.3 is 0 Å². The summed E-state index contributed by atoms with van der Waals surface area (Å²) in [7, 11) is -3.30. The molecule has 6 heteroatoms. The Morgan fingerprint density at radius 3 is 2.20 bits per heavy atom. The fraction of sp³-hybridized carbons (Fsp3) is 0.211. The van der Waals surface area contributed by atoms with Crippen LogP contribution in [-0.2, 0) is 19.4 Å². The highest BCUT2D eigenvalue weighted by molar-refractivity contribution is 7.90. The van der Waals surface area contributed by atoms with Crippen molar-refractivity contribution in [3.63, 3.8) is 0 Å². The molecule has 0 aromatic heterocycles. The summed E-state index contributed by atoms with van der Waals surface area (Å²) in [5.74, 6) is 0.291. The minimum absolute atomic E-state index is 0.158. The third-order valence-corrected chi connectivity index (χ3v) is 5.38. The predicted octanol–water partition coefficient (Wildman–Crippen LogP) is 3.99. The van der Waals surface area contributed by atoms with Gasteiger partial charge in [-0.25, -0.2) is 8.42 Å². The molecule has 0 amide bonds.